The molecule has 2 aromatic carbocycles. The maximum Gasteiger partial charge on any atom is 0.286 e. The van der Waals surface area contributed by atoms with Crippen LogP contribution in [-0.2, 0) is 0 Å². The summed E-state index contributed by atoms with van der Waals surface area (Å²) in [4.78, 5) is 27.6. The molecule has 8 nitrogen and oxygen atoms in total. The van der Waals surface area contributed by atoms with Gasteiger partial charge in [-0.2, -0.15) is 0 Å². The van der Waals surface area contributed by atoms with Crippen molar-refractivity contribution in [2.45, 2.75) is 18.8 Å². The van der Waals surface area contributed by atoms with Crippen molar-refractivity contribution in [1.82, 2.24) is 15.1 Å². The molecule has 1 aromatic heterocycles. The van der Waals surface area contributed by atoms with Crippen LogP contribution in [0.5, 0.6) is 11.5 Å². The van der Waals surface area contributed by atoms with Crippen molar-refractivity contribution in [3.05, 3.63) is 63.1 Å². The lowest BCUT2D eigenvalue weighted by molar-refractivity contribution is 0.0703. The van der Waals surface area contributed by atoms with Crippen LogP contribution in [0, 0.1) is 0 Å². The number of halogens is 1. The number of nitrogens with zero attached hydrogens (tertiary/aromatic N) is 3. The number of anilines is 1. The topological polar surface area (TPSA) is 93.7 Å². The molecular formula is C23H23ClN4O4S. The zero-order valence-corrected chi connectivity index (χ0v) is 19.8. The Bertz CT molecular complexity index is 1170. The Balaban J connectivity index is 1.45. The molecule has 0 radical (unpaired) electrons. The fourth-order valence-corrected chi connectivity index (χ4v) is 4.81. The molecule has 1 fully saturated rings. The molecule has 33 heavy (non-hydrogen) atoms. The second-order valence-corrected chi connectivity index (χ2v) is 9.01. The molecule has 1 aliphatic rings. The van der Waals surface area contributed by atoms with Gasteiger partial charge < -0.3 is 19.7 Å². The second-order valence-electron chi connectivity index (χ2n) is 7.57. The Morgan fingerprint density at radius 3 is 2.76 bits per heavy atom. The Hall–Kier alpha value is -3.17. The predicted molar refractivity (Wildman–Crippen MR) is 127 cm³/mol. The highest BCUT2D eigenvalue weighted by molar-refractivity contribution is 7.13. The van der Waals surface area contributed by atoms with Crippen molar-refractivity contribution in [2.75, 3.05) is 32.6 Å². The molecule has 4 rings (SSSR count). The fourth-order valence-electron chi connectivity index (χ4n) is 3.75. The number of nitrogens with one attached hydrogen (secondary N) is 1. The number of aromatic nitrogens is 2. The number of rotatable bonds is 6. The number of carbonyl (C=O) groups excluding carboxylic acids is 2. The third-order valence-corrected chi connectivity index (χ3v) is 6.73. The van der Waals surface area contributed by atoms with Gasteiger partial charge in [-0.1, -0.05) is 29.0 Å². The Morgan fingerprint density at radius 1 is 1.15 bits per heavy atom. The zero-order valence-electron chi connectivity index (χ0n) is 18.2. The highest BCUT2D eigenvalue weighted by Crippen LogP contribution is 2.32. The molecule has 1 unspecified atom stereocenters. The number of methoxy groups -OCH3 is 2. The van der Waals surface area contributed by atoms with E-state index in [1.54, 1.807) is 54.5 Å². The Kier molecular flexibility index (Phi) is 7.10. The van der Waals surface area contributed by atoms with Gasteiger partial charge in [0.25, 0.3) is 11.8 Å². The Morgan fingerprint density at radius 2 is 2.00 bits per heavy atom. The van der Waals surface area contributed by atoms with E-state index >= 15 is 0 Å². The van der Waals surface area contributed by atoms with E-state index in [0.717, 1.165) is 17.8 Å². The lowest BCUT2D eigenvalue weighted by atomic mass is 9.98. The van der Waals surface area contributed by atoms with Gasteiger partial charge in [0.1, 0.15) is 16.5 Å². The van der Waals surface area contributed by atoms with Crippen molar-refractivity contribution in [3.63, 3.8) is 0 Å². The van der Waals surface area contributed by atoms with Crippen molar-refractivity contribution in [2.24, 2.45) is 0 Å². The van der Waals surface area contributed by atoms with Crippen LogP contribution in [0.3, 0.4) is 0 Å². The molecule has 0 bridgehead atoms. The van der Waals surface area contributed by atoms with Crippen LogP contribution >= 0.6 is 22.9 Å². The van der Waals surface area contributed by atoms with E-state index in [-0.39, 0.29) is 22.7 Å². The summed E-state index contributed by atoms with van der Waals surface area (Å²) >= 11 is 7.22. The smallest absolute Gasteiger partial charge is 0.286 e. The van der Waals surface area contributed by atoms with Gasteiger partial charge in [0.2, 0.25) is 5.01 Å². The number of likely N-dealkylation sites (tertiary alicyclic amines) is 1. The van der Waals surface area contributed by atoms with E-state index in [1.807, 2.05) is 0 Å². The van der Waals surface area contributed by atoms with Crippen LogP contribution in [0.1, 0.15) is 43.9 Å². The van der Waals surface area contributed by atoms with Crippen LogP contribution in [0.25, 0.3) is 0 Å². The lowest BCUT2D eigenvalue weighted by Crippen LogP contribution is -2.39. The monoisotopic (exact) mass is 486 g/mol. The lowest BCUT2D eigenvalue weighted by Gasteiger charge is -2.32. The van der Waals surface area contributed by atoms with Crippen molar-refractivity contribution in [3.8, 4) is 11.5 Å². The van der Waals surface area contributed by atoms with E-state index in [0.29, 0.717) is 40.9 Å². The van der Waals surface area contributed by atoms with Crippen LogP contribution < -0.4 is 14.8 Å². The molecule has 0 saturated carbocycles. The van der Waals surface area contributed by atoms with Gasteiger partial charge in [-0.15, -0.1) is 10.2 Å². The molecule has 2 amide bonds. The Labute approximate surface area is 200 Å². The first kappa shape index (κ1) is 23.0. The van der Waals surface area contributed by atoms with E-state index in [1.165, 1.54) is 18.4 Å². The van der Waals surface area contributed by atoms with Crippen LogP contribution in [0.15, 0.2) is 42.5 Å². The zero-order chi connectivity index (χ0) is 23.4. The van der Waals surface area contributed by atoms with E-state index < -0.39 is 0 Å². The molecule has 1 aliphatic heterocycles. The summed E-state index contributed by atoms with van der Waals surface area (Å²) in [5.74, 6) is 0.655. The van der Waals surface area contributed by atoms with Crippen LogP contribution in [0.2, 0.25) is 5.02 Å². The summed E-state index contributed by atoms with van der Waals surface area (Å²) in [6.07, 6.45) is 1.70. The summed E-state index contributed by atoms with van der Waals surface area (Å²) in [7, 11) is 3.10. The molecule has 1 N–H and O–H groups in total. The number of ether oxygens (including phenoxy) is 2. The minimum atomic E-state index is -0.340. The standard InChI is InChI=1S/C23H23ClN4O4S/c1-31-17-8-9-18(19(12-17)32-2)23(30)28-10-4-5-14(13-28)21-26-27-22(33-21)20(29)25-16-7-3-6-15(24)11-16/h3,6-9,11-12,14H,4-5,10,13H2,1-2H3,(H,25,29). The van der Waals surface area contributed by atoms with E-state index in [2.05, 4.69) is 15.5 Å². The molecule has 0 aliphatic carbocycles. The van der Waals surface area contributed by atoms with Crippen molar-refractivity contribution < 1.29 is 19.1 Å². The molecule has 3 aromatic rings. The van der Waals surface area contributed by atoms with Gasteiger partial charge in [0.05, 0.1) is 19.8 Å². The second kappa shape index (κ2) is 10.2. The number of benzene rings is 2. The number of hydrogen-bond acceptors (Lipinski definition) is 7. The number of piperidine rings is 1. The highest BCUT2D eigenvalue weighted by atomic mass is 35.5. The van der Waals surface area contributed by atoms with E-state index in [4.69, 9.17) is 21.1 Å². The largest absolute Gasteiger partial charge is 0.497 e. The van der Waals surface area contributed by atoms with Gasteiger partial charge in [-0.05, 0) is 43.2 Å². The van der Waals surface area contributed by atoms with E-state index in [9.17, 15) is 9.59 Å². The third-order valence-electron chi connectivity index (χ3n) is 5.41. The molecule has 172 valence electrons. The quantitative estimate of drug-likeness (QED) is 0.552. The van der Waals surface area contributed by atoms with Gasteiger partial charge in [0.15, 0.2) is 0 Å². The van der Waals surface area contributed by atoms with Crippen molar-refractivity contribution >= 4 is 40.4 Å². The third kappa shape index (κ3) is 5.26. The van der Waals surface area contributed by atoms with Crippen LogP contribution in [-0.4, -0.2) is 54.2 Å². The van der Waals surface area contributed by atoms with Gasteiger partial charge in [-0.25, -0.2) is 0 Å². The minimum absolute atomic E-state index is 0.0113. The molecule has 1 saturated heterocycles. The molecule has 0 spiro atoms. The highest BCUT2D eigenvalue weighted by Gasteiger charge is 2.30. The van der Waals surface area contributed by atoms with Gasteiger partial charge >= 0.3 is 0 Å². The number of hydrogen-bond donors (Lipinski definition) is 1. The SMILES string of the molecule is COc1ccc(C(=O)N2CCCC(c3nnc(C(=O)Nc4cccc(Cl)c4)s3)C2)c(OC)c1. The molecule has 10 heteroatoms. The average molecular weight is 487 g/mol. The summed E-state index contributed by atoms with van der Waals surface area (Å²) in [5.41, 5.74) is 1.07. The maximum absolute atomic E-state index is 13.2. The number of amides is 2. The summed E-state index contributed by atoms with van der Waals surface area (Å²) in [5, 5.41) is 12.6. The normalized spacial score (nSPS) is 15.7. The average Bonchev–Trinajstić information content (AvgIpc) is 3.34. The predicted octanol–water partition coefficient (Wildman–Crippen LogP) is 4.48. The maximum atomic E-state index is 13.2. The fraction of sp³-hybridized carbons (Fsp3) is 0.304. The van der Waals surface area contributed by atoms with Gasteiger partial charge in [-0.3, -0.25) is 9.59 Å². The molecule has 2 heterocycles. The van der Waals surface area contributed by atoms with Gasteiger partial charge in [0, 0.05) is 35.8 Å². The summed E-state index contributed by atoms with van der Waals surface area (Å²) in [6, 6.07) is 12.1. The van der Waals surface area contributed by atoms with Crippen molar-refractivity contribution in [1.29, 1.82) is 0 Å². The summed E-state index contributed by atoms with van der Waals surface area (Å²) in [6.45, 7) is 1.14. The first-order valence-electron chi connectivity index (χ1n) is 10.4. The number of carbonyl (C=O) groups is 2. The summed E-state index contributed by atoms with van der Waals surface area (Å²) < 4.78 is 10.6. The minimum Gasteiger partial charge on any atom is -0.497 e. The molecule has 1 atom stereocenters. The molecular weight excluding hydrogens is 464 g/mol. The first-order valence-corrected chi connectivity index (χ1v) is 11.6. The first-order chi connectivity index (χ1) is 16.0. The van der Waals surface area contributed by atoms with Crippen LogP contribution in [0.4, 0.5) is 5.69 Å².